The second-order valence-electron chi connectivity index (χ2n) is 3.85. The summed E-state index contributed by atoms with van der Waals surface area (Å²) < 4.78 is 13.0. The van der Waals surface area contributed by atoms with Gasteiger partial charge in [-0.2, -0.15) is 0 Å². The number of nitrogens with one attached hydrogen (secondary N) is 2. The normalized spacial score (nSPS) is 26.6. The average molecular weight is 229 g/mol. The fourth-order valence-electron chi connectivity index (χ4n) is 1.93. The lowest BCUT2D eigenvalue weighted by Gasteiger charge is -2.31. The molecule has 0 amide bonds. The van der Waals surface area contributed by atoms with E-state index in [1.165, 1.54) is 6.07 Å². The highest BCUT2D eigenvalue weighted by Gasteiger charge is 2.22. The summed E-state index contributed by atoms with van der Waals surface area (Å²) in [5.41, 5.74) is 1.03. The lowest BCUT2D eigenvalue weighted by Crippen LogP contribution is -2.48. The van der Waals surface area contributed by atoms with E-state index in [1.54, 1.807) is 12.1 Å². The summed E-state index contributed by atoms with van der Waals surface area (Å²) in [7, 11) is 0. The van der Waals surface area contributed by atoms with Crippen LogP contribution in [0.5, 0.6) is 0 Å². The van der Waals surface area contributed by atoms with Gasteiger partial charge in [0.15, 0.2) is 0 Å². The Hall–Kier alpha value is -0.640. The Morgan fingerprint density at radius 2 is 2.07 bits per heavy atom. The quantitative estimate of drug-likeness (QED) is 0.769. The van der Waals surface area contributed by atoms with Crippen molar-refractivity contribution in [3.8, 4) is 0 Å². The summed E-state index contributed by atoms with van der Waals surface area (Å²) in [6.07, 6.45) is 0. The van der Waals surface area contributed by atoms with Crippen LogP contribution in [0.4, 0.5) is 4.39 Å². The van der Waals surface area contributed by atoms with Crippen LogP contribution < -0.4 is 10.6 Å². The van der Waals surface area contributed by atoms with Crippen LogP contribution in [0.15, 0.2) is 18.2 Å². The number of piperazine rings is 1. The summed E-state index contributed by atoms with van der Waals surface area (Å²) >= 11 is 5.76. The Balaban J connectivity index is 2.24. The number of benzene rings is 1. The highest BCUT2D eigenvalue weighted by atomic mass is 35.5. The molecule has 15 heavy (non-hydrogen) atoms. The molecule has 2 rings (SSSR count). The van der Waals surface area contributed by atoms with Crippen LogP contribution in [0.2, 0.25) is 5.02 Å². The van der Waals surface area contributed by atoms with Crippen molar-refractivity contribution in [3.63, 3.8) is 0 Å². The third-order valence-electron chi connectivity index (χ3n) is 2.76. The number of hydrogen-bond donors (Lipinski definition) is 2. The molecule has 1 fully saturated rings. The molecule has 0 spiro atoms. The van der Waals surface area contributed by atoms with Gasteiger partial charge in [-0.1, -0.05) is 17.7 Å². The molecule has 2 atom stereocenters. The predicted octanol–water partition coefficient (Wildman–Crippen LogP) is 2.10. The van der Waals surface area contributed by atoms with Crippen LogP contribution in [0.25, 0.3) is 0 Å². The maximum atomic E-state index is 13.0. The second kappa shape index (κ2) is 4.47. The van der Waals surface area contributed by atoms with Crippen molar-refractivity contribution in [2.45, 2.75) is 19.0 Å². The zero-order valence-electron chi connectivity index (χ0n) is 8.56. The molecular formula is C11H14ClFN2. The van der Waals surface area contributed by atoms with Gasteiger partial charge in [-0.25, -0.2) is 4.39 Å². The number of halogens is 2. The molecule has 1 aromatic carbocycles. The molecule has 0 radical (unpaired) electrons. The number of rotatable bonds is 1. The minimum atomic E-state index is -0.364. The number of hydrogen-bond acceptors (Lipinski definition) is 2. The van der Waals surface area contributed by atoms with Gasteiger partial charge in [-0.15, -0.1) is 0 Å². The summed E-state index contributed by atoms with van der Waals surface area (Å²) in [4.78, 5) is 0. The van der Waals surface area contributed by atoms with E-state index in [2.05, 4.69) is 17.6 Å². The van der Waals surface area contributed by atoms with E-state index in [0.29, 0.717) is 6.04 Å². The van der Waals surface area contributed by atoms with Crippen molar-refractivity contribution in [3.05, 3.63) is 34.6 Å². The largest absolute Gasteiger partial charge is 0.311 e. The first-order chi connectivity index (χ1) is 7.18. The van der Waals surface area contributed by atoms with E-state index in [0.717, 1.165) is 18.7 Å². The molecule has 1 aromatic rings. The molecule has 4 heteroatoms. The van der Waals surface area contributed by atoms with Crippen molar-refractivity contribution >= 4 is 11.6 Å². The first kappa shape index (κ1) is 10.9. The molecule has 0 aromatic heterocycles. The van der Waals surface area contributed by atoms with Crippen molar-refractivity contribution in [2.75, 3.05) is 13.1 Å². The lowest BCUT2D eigenvalue weighted by molar-refractivity contribution is 0.345. The second-order valence-corrected chi connectivity index (χ2v) is 4.26. The SMILES string of the molecule is CC1NCCNC1c1ccc(F)c(Cl)c1. The topological polar surface area (TPSA) is 24.1 Å². The molecule has 1 aliphatic rings. The molecular weight excluding hydrogens is 215 g/mol. The van der Waals surface area contributed by atoms with E-state index < -0.39 is 0 Å². The molecule has 0 bridgehead atoms. The molecule has 1 saturated heterocycles. The van der Waals surface area contributed by atoms with Crippen molar-refractivity contribution in [1.82, 2.24) is 10.6 Å². The van der Waals surface area contributed by atoms with Crippen molar-refractivity contribution in [1.29, 1.82) is 0 Å². The third kappa shape index (κ3) is 2.30. The Morgan fingerprint density at radius 1 is 1.33 bits per heavy atom. The Morgan fingerprint density at radius 3 is 2.73 bits per heavy atom. The predicted molar refractivity (Wildman–Crippen MR) is 59.6 cm³/mol. The van der Waals surface area contributed by atoms with Crippen LogP contribution >= 0.6 is 11.6 Å². The Labute approximate surface area is 93.8 Å². The first-order valence-electron chi connectivity index (χ1n) is 5.10. The maximum Gasteiger partial charge on any atom is 0.141 e. The Bertz CT molecular complexity index is 356. The van der Waals surface area contributed by atoms with Crippen LogP contribution in [0.3, 0.4) is 0 Å². The lowest BCUT2D eigenvalue weighted by atomic mass is 9.99. The average Bonchev–Trinajstić information content (AvgIpc) is 2.23. The van der Waals surface area contributed by atoms with E-state index >= 15 is 0 Å². The van der Waals surface area contributed by atoms with Crippen molar-refractivity contribution < 1.29 is 4.39 Å². The summed E-state index contributed by atoms with van der Waals surface area (Å²) in [6, 6.07) is 5.43. The van der Waals surface area contributed by atoms with Crippen LogP contribution in [-0.2, 0) is 0 Å². The zero-order valence-corrected chi connectivity index (χ0v) is 9.31. The molecule has 1 heterocycles. The van der Waals surface area contributed by atoms with Crippen LogP contribution in [0, 0.1) is 5.82 Å². The monoisotopic (exact) mass is 228 g/mol. The van der Waals surface area contributed by atoms with Gasteiger partial charge in [-0.05, 0) is 24.6 Å². The van der Waals surface area contributed by atoms with E-state index in [4.69, 9.17) is 11.6 Å². The molecule has 0 aliphatic carbocycles. The zero-order chi connectivity index (χ0) is 10.8. The molecule has 0 saturated carbocycles. The van der Waals surface area contributed by atoms with Gasteiger partial charge < -0.3 is 10.6 Å². The highest BCUT2D eigenvalue weighted by molar-refractivity contribution is 6.30. The summed E-state index contributed by atoms with van der Waals surface area (Å²) in [6.45, 7) is 3.99. The summed E-state index contributed by atoms with van der Waals surface area (Å²) in [5, 5.41) is 6.94. The van der Waals surface area contributed by atoms with Gasteiger partial charge >= 0.3 is 0 Å². The molecule has 2 unspecified atom stereocenters. The van der Waals surface area contributed by atoms with Gasteiger partial charge in [-0.3, -0.25) is 0 Å². The minimum Gasteiger partial charge on any atom is -0.311 e. The van der Waals surface area contributed by atoms with Gasteiger partial charge in [0.1, 0.15) is 5.82 Å². The van der Waals surface area contributed by atoms with Crippen molar-refractivity contribution in [2.24, 2.45) is 0 Å². The van der Waals surface area contributed by atoms with Gasteiger partial charge in [0, 0.05) is 25.2 Å². The van der Waals surface area contributed by atoms with Gasteiger partial charge in [0.05, 0.1) is 5.02 Å². The van der Waals surface area contributed by atoms with E-state index in [1.807, 2.05) is 0 Å². The molecule has 2 nitrogen and oxygen atoms in total. The van der Waals surface area contributed by atoms with Crippen LogP contribution in [-0.4, -0.2) is 19.1 Å². The van der Waals surface area contributed by atoms with E-state index in [-0.39, 0.29) is 16.9 Å². The van der Waals surface area contributed by atoms with E-state index in [9.17, 15) is 4.39 Å². The third-order valence-corrected chi connectivity index (χ3v) is 3.05. The molecule has 1 aliphatic heterocycles. The fraction of sp³-hybridized carbons (Fsp3) is 0.455. The molecule has 2 N–H and O–H groups in total. The Kier molecular flexibility index (Phi) is 3.24. The first-order valence-corrected chi connectivity index (χ1v) is 5.48. The van der Waals surface area contributed by atoms with Crippen LogP contribution in [0.1, 0.15) is 18.5 Å². The van der Waals surface area contributed by atoms with Gasteiger partial charge in [0.25, 0.3) is 0 Å². The highest BCUT2D eigenvalue weighted by Crippen LogP contribution is 2.23. The molecule has 82 valence electrons. The maximum absolute atomic E-state index is 13.0. The standard InChI is InChI=1S/C11H14ClFN2/c1-7-11(15-5-4-14-7)8-2-3-10(13)9(12)6-8/h2-3,6-7,11,14-15H,4-5H2,1H3. The fourth-order valence-corrected chi connectivity index (χ4v) is 2.12. The summed E-state index contributed by atoms with van der Waals surface area (Å²) in [5.74, 6) is -0.364. The van der Waals surface area contributed by atoms with Gasteiger partial charge in [0.2, 0.25) is 0 Å². The smallest absolute Gasteiger partial charge is 0.141 e. The minimum absolute atomic E-state index is 0.187.